The molecule has 0 aromatic heterocycles. The van der Waals surface area contributed by atoms with Crippen molar-refractivity contribution in [2.45, 2.75) is 0 Å². The van der Waals surface area contributed by atoms with Crippen LogP contribution in [0.2, 0.25) is 0 Å². The summed E-state index contributed by atoms with van der Waals surface area (Å²) in [6, 6.07) is 11.7. The summed E-state index contributed by atoms with van der Waals surface area (Å²) in [6.45, 7) is 0. The number of anilines is 1. The summed E-state index contributed by atoms with van der Waals surface area (Å²) in [5, 5.41) is 21.4. The van der Waals surface area contributed by atoms with Gasteiger partial charge < -0.3 is 15.5 Å². The maximum Gasteiger partial charge on any atom is 0.275 e. The van der Waals surface area contributed by atoms with Crippen molar-refractivity contribution in [3.63, 3.8) is 0 Å². The molecule has 6 nitrogen and oxygen atoms in total. The van der Waals surface area contributed by atoms with E-state index in [1.807, 2.05) is 36.4 Å². The van der Waals surface area contributed by atoms with Crippen molar-refractivity contribution in [1.29, 1.82) is 0 Å². The summed E-state index contributed by atoms with van der Waals surface area (Å²) in [6.07, 6.45) is 0. The number of rotatable bonds is 0. The third-order valence-corrected chi connectivity index (χ3v) is 3.26. The van der Waals surface area contributed by atoms with Crippen molar-refractivity contribution in [3.05, 3.63) is 62.4 Å². The van der Waals surface area contributed by atoms with E-state index in [2.05, 4.69) is 5.32 Å². The van der Waals surface area contributed by atoms with Gasteiger partial charge in [-0.2, -0.15) is 0 Å². The van der Waals surface area contributed by atoms with Crippen LogP contribution < -0.4 is 16.2 Å². The predicted octanol–water partition coefficient (Wildman–Crippen LogP) is 1.10. The van der Waals surface area contributed by atoms with Gasteiger partial charge in [0.1, 0.15) is 0 Å². The lowest BCUT2D eigenvalue weighted by molar-refractivity contribution is 0.103. The highest BCUT2D eigenvalue weighted by atomic mass is 16.3. The van der Waals surface area contributed by atoms with E-state index >= 15 is 0 Å². The van der Waals surface area contributed by atoms with Crippen LogP contribution in [0, 0.1) is 0 Å². The first-order chi connectivity index (χ1) is 10.0. The highest BCUT2D eigenvalue weighted by Crippen LogP contribution is 2.32. The van der Waals surface area contributed by atoms with Crippen LogP contribution in [0.25, 0.3) is 10.8 Å². The number of benzene rings is 2. The Morgan fingerprint density at radius 2 is 1.38 bits per heavy atom. The Bertz CT molecular complexity index is 915. The maximum atomic E-state index is 11.4. The van der Waals surface area contributed by atoms with Crippen molar-refractivity contribution in [1.82, 2.24) is 0 Å². The highest BCUT2D eigenvalue weighted by molar-refractivity contribution is 6.23. The van der Waals surface area contributed by atoms with Crippen molar-refractivity contribution in [2.24, 2.45) is 0 Å². The normalized spacial score (nSPS) is 12.1. The van der Waals surface area contributed by atoms with Crippen LogP contribution in [0.15, 0.2) is 46.0 Å². The largest absolute Gasteiger partial charge is 0.501 e. The quantitative estimate of drug-likeness (QED) is 0.536. The zero-order valence-electron chi connectivity index (χ0n) is 10.6. The first kappa shape index (κ1) is 12.9. The van der Waals surface area contributed by atoms with E-state index in [0.29, 0.717) is 0 Å². The molecular weight excluding hydrogens is 274 g/mol. The van der Waals surface area contributed by atoms with Crippen LogP contribution >= 0.6 is 0 Å². The first-order valence-corrected chi connectivity index (χ1v) is 6.05. The Morgan fingerprint density at radius 1 is 0.810 bits per heavy atom. The molecule has 0 saturated heterocycles. The second kappa shape index (κ2) is 4.45. The number of nitrogens with one attached hydrogen (secondary N) is 1. The summed E-state index contributed by atoms with van der Waals surface area (Å²) in [5.74, 6) is -1.64. The zero-order valence-corrected chi connectivity index (χ0v) is 10.6. The standard InChI is InChI=1S/C11H7NO.C4H2O4/c13-11-8-5-1-3-7-4-2-6-9(12-11)10(7)8;5-1-2(6)4(8)3(1)7/h1-6H,(H,12,13);5-6H. The molecule has 0 bridgehead atoms. The highest BCUT2D eigenvalue weighted by Gasteiger charge is 2.19. The fourth-order valence-corrected chi connectivity index (χ4v) is 2.19. The first-order valence-electron chi connectivity index (χ1n) is 6.05. The minimum Gasteiger partial charge on any atom is -0.501 e. The van der Waals surface area contributed by atoms with Crippen molar-refractivity contribution >= 4 is 22.4 Å². The minimum atomic E-state index is -1.01. The second-order valence-electron chi connectivity index (χ2n) is 4.52. The molecule has 0 saturated carbocycles. The van der Waals surface area contributed by atoms with E-state index in [4.69, 9.17) is 10.2 Å². The molecule has 0 unspecified atom stereocenters. The van der Waals surface area contributed by atoms with Crippen LogP contribution in [0.3, 0.4) is 0 Å². The summed E-state index contributed by atoms with van der Waals surface area (Å²) in [7, 11) is 0. The van der Waals surface area contributed by atoms with Crippen LogP contribution in [0.4, 0.5) is 5.69 Å². The molecule has 1 aliphatic heterocycles. The van der Waals surface area contributed by atoms with Gasteiger partial charge in [-0.1, -0.05) is 24.3 Å². The lowest BCUT2D eigenvalue weighted by atomic mass is 10.1. The van der Waals surface area contributed by atoms with Gasteiger partial charge in [-0.15, -0.1) is 0 Å². The average molecular weight is 283 g/mol. The van der Waals surface area contributed by atoms with Gasteiger partial charge in [0.15, 0.2) is 0 Å². The SMILES string of the molecule is O=C1Nc2cccc3cccc1c23.O=c1c(O)c(O)c1=O. The van der Waals surface area contributed by atoms with Gasteiger partial charge in [0.25, 0.3) is 16.8 Å². The number of aromatic hydroxyl groups is 2. The third-order valence-electron chi connectivity index (χ3n) is 3.26. The molecule has 0 aliphatic carbocycles. The summed E-state index contributed by atoms with van der Waals surface area (Å²) >= 11 is 0. The van der Waals surface area contributed by atoms with Crippen LogP contribution in [-0.4, -0.2) is 16.1 Å². The van der Waals surface area contributed by atoms with E-state index in [1.54, 1.807) is 0 Å². The molecule has 0 radical (unpaired) electrons. The van der Waals surface area contributed by atoms with Gasteiger partial charge >= 0.3 is 0 Å². The lowest BCUT2D eigenvalue weighted by Crippen LogP contribution is -2.28. The van der Waals surface area contributed by atoms with E-state index in [-0.39, 0.29) is 5.91 Å². The molecule has 3 N–H and O–H groups in total. The van der Waals surface area contributed by atoms with Crippen LogP contribution in [0.1, 0.15) is 10.4 Å². The molecule has 1 heterocycles. The molecule has 0 fully saturated rings. The van der Waals surface area contributed by atoms with Gasteiger partial charge in [0.2, 0.25) is 11.5 Å². The topological polar surface area (TPSA) is 104 Å². The van der Waals surface area contributed by atoms with E-state index < -0.39 is 22.4 Å². The third kappa shape index (κ3) is 1.85. The molecule has 1 aliphatic rings. The molecule has 21 heavy (non-hydrogen) atoms. The van der Waals surface area contributed by atoms with Crippen molar-refractivity contribution < 1.29 is 15.0 Å². The number of carbonyl (C=O) groups is 1. The van der Waals surface area contributed by atoms with Crippen LogP contribution in [-0.2, 0) is 0 Å². The number of amides is 1. The number of hydrogen-bond acceptors (Lipinski definition) is 5. The Morgan fingerprint density at radius 3 is 1.95 bits per heavy atom. The van der Waals surface area contributed by atoms with Gasteiger partial charge in [-0.3, -0.25) is 14.4 Å². The average Bonchev–Trinajstić information content (AvgIpc) is 2.85. The lowest BCUT2D eigenvalue weighted by Gasteiger charge is -1.97. The maximum absolute atomic E-state index is 11.4. The Balaban J connectivity index is 0.000000143. The molecule has 6 heteroatoms. The second-order valence-corrected chi connectivity index (χ2v) is 4.52. The van der Waals surface area contributed by atoms with Gasteiger partial charge in [0, 0.05) is 16.6 Å². The Labute approximate surface area is 117 Å². The molecule has 3 aromatic rings. The number of carbonyl (C=O) groups excluding carboxylic acids is 1. The van der Waals surface area contributed by atoms with Crippen molar-refractivity contribution in [2.75, 3.05) is 5.32 Å². The smallest absolute Gasteiger partial charge is 0.275 e. The van der Waals surface area contributed by atoms with Crippen LogP contribution in [0.5, 0.6) is 11.5 Å². The number of hydrogen-bond donors (Lipinski definition) is 3. The van der Waals surface area contributed by atoms with E-state index in [9.17, 15) is 14.4 Å². The molecule has 1 amide bonds. The van der Waals surface area contributed by atoms with Crippen molar-refractivity contribution in [3.8, 4) is 11.5 Å². The molecule has 104 valence electrons. The predicted molar refractivity (Wildman–Crippen MR) is 76.6 cm³/mol. The summed E-state index contributed by atoms with van der Waals surface area (Å²) in [4.78, 5) is 31.3. The summed E-state index contributed by atoms with van der Waals surface area (Å²) in [5.41, 5.74) is -0.309. The minimum absolute atomic E-state index is 0.00630. The van der Waals surface area contributed by atoms with E-state index in [0.717, 1.165) is 22.0 Å². The van der Waals surface area contributed by atoms with E-state index in [1.165, 1.54) is 0 Å². The monoisotopic (exact) mass is 283 g/mol. The molecule has 4 rings (SSSR count). The fourth-order valence-electron chi connectivity index (χ4n) is 2.19. The molecule has 0 spiro atoms. The molecular formula is C15H9NO5. The Kier molecular flexibility index (Phi) is 2.72. The molecule has 0 atom stereocenters. The zero-order chi connectivity index (χ0) is 15.1. The molecule has 3 aromatic carbocycles. The fraction of sp³-hybridized carbons (Fsp3) is 0. The summed E-state index contributed by atoms with van der Waals surface area (Å²) < 4.78 is 0. The van der Waals surface area contributed by atoms with Gasteiger partial charge in [0.05, 0.1) is 0 Å². The van der Waals surface area contributed by atoms with Gasteiger partial charge in [-0.05, 0) is 17.5 Å². The Hall–Kier alpha value is -3.15. The van der Waals surface area contributed by atoms with Gasteiger partial charge in [-0.25, -0.2) is 0 Å².